The normalized spacial score (nSPS) is 16.6. The minimum absolute atomic E-state index is 0.00835. The third-order valence-corrected chi connectivity index (χ3v) is 3.25. The molecule has 7 heteroatoms. The highest BCUT2D eigenvalue weighted by molar-refractivity contribution is 5.93. The lowest BCUT2D eigenvalue weighted by molar-refractivity contribution is -0.137. The summed E-state index contributed by atoms with van der Waals surface area (Å²) in [6.07, 6.45) is 3.43. The number of carboxylic acids is 1. The van der Waals surface area contributed by atoms with E-state index in [0.29, 0.717) is 25.2 Å². The molecule has 1 fully saturated rings. The molecule has 19 heavy (non-hydrogen) atoms. The number of aromatic nitrogens is 2. The van der Waals surface area contributed by atoms with Gasteiger partial charge in [0.1, 0.15) is 0 Å². The van der Waals surface area contributed by atoms with Gasteiger partial charge in [0.2, 0.25) is 0 Å². The molecule has 0 atom stereocenters. The van der Waals surface area contributed by atoms with Gasteiger partial charge in [-0.25, -0.2) is 0 Å². The number of aliphatic carboxylic acids is 1. The maximum atomic E-state index is 12.1. The van der Waals surface area contributed by atoms with Crippen molar-refractivity contribution in [1.29, 1.82) is 0 Å². The molecule has 0 spiro atoms. The molecule has 1 saturated heterocycles. The van der Waals surface area contributed by atoms with E-state index in [1.165, 1.54) is 0 Å². The molecular weight excluding hydrogens is 248 g/mol. The van der Waals surface area contributed by atoms with E-state index >= 15 is 0 Å². The highest BCUT2D eigenvalue weighted by Gasteiger charge is 2.22. The molecule has 1 aromatic heterocycles. The number of hydrogen-bond donors (Lipinski definition) is 1. The van der Waals surface area contributed by atoms with Crippen LogP contribution < -0.4 is 0 Å². The van der Waals surface area contributed by atoms with E-state index in [0.717, 1.165) is 13.1 Å². The van der Waals surface area contributed by atoms with Crippen LogP contribution in [0.1, 0.15) is 16.8 Å². The number of rotatable bonds is 4. The summed E-state index contributed by atoms with van der Waals surface area (Å²) in [6, 6.07) is 0. The zero-order valence-corrected chi connectivity index (χ0v) is 10.9. The van der Waals surface area contributed by atoms with E-state index < -0.39 is 5.97 Å². The van der Waals surface area contributed by atoms with Gasteiger partial charge in [-0.3, -0.25) is 19.2 Å². The van der Waals surface area contributed by atoms with Gasteiger partial charge in [-0.05, 0) is 0 Å². The van der Waals surface area contributed by atoms with Crippen LogP contribution in [0.4, 0.5) is 0 Å². The summed E-state index contributed by atoms with van der Waals surface area (Å²) >= 11 is 0. The Hall–Kier alpha value is -1.89. The summed E-state index contributed by atoms with van der Waals surface area (Å²) < 4.78 is 1.61. The SMILES string of the molecule is Cn1cc(C(=O)N2CCN(CCC(=O)O)CC2)cn1. The first-order valence-corrected chi connectivity index (χ1v) is 6.28. The summed E-state index contributed by atoms with van der Waals surface area (Å²) in [5.74, 6) is -0.792. The molecule has 2 heterocycles. The number of nitrogens with zero attached hydrogens (tertiary/aromatic N) is 4. The Morgan fingerprint density at radius 2 is 2.00 bits per heavy atom. The molecule has 1 aliphatic rings. The van der Waals surface area contributed by atoms with Crippen LogP contribution in [0.15, 0.2) is 12.4 Å². The highest BCUT2D eigenvalue weighted by atomic mass is 16.4. The summed E-state index contributed by atoms with van der Waals surface area (Å²) in [4.78, 5) is 26.5. The molecule has 7 nitrogen and oxygen atoms in total. The Balaban J connectivity index is 1.83. The molecule has 0 aromatic carbocycles. The minimum atomic E-state index is -0.783. The third-order valence-electron chi connectivity index (χ3n) is 3.25. The molecule has 0 aliphatic carbocycles. The van der Waals surface area contributed by atoms with E-state index in [9.17, 15) is 9.59 Å². The van der Waals surface area contributed by atoms with Crippen LogP contribution in [0.5, 0.6) is 0 Å². The van der Waals surface area contributed by atoms with Gasteiger partial charge in [-0.1, -0.05) is 0 Å². The van der Waals surface area contributed by atoms with Gasteiger partial charge >= 0.3 is 5.97 Å². The van der Waals surface area contributed by atoms with Crippen LogP contribution in [-0.4, -0.2) is 69.3 Å². The number of piperazine rings is 1. The average molecular weight is 266 g/mol. The standard InChI is InChI=1S/C12H18N4O3/c1-14-9-10(8-13-14)12(19)16-6-4-15(5-7-16)3-2-11(17)18/h8-9H,2-7H2,1H3,(H,17,18). The smallest absolute Gasteiger partial charge is 0.304 e. The first kappa shape index (κ1) is 13.5. The van der Waals surface area contributed by atoms with Gasteiger partial charge in [0, 0.05) is 46.0 Å². The van der Waals surface area contributed by atoms with Crippen LogP contribution in [0.3, 0.4) is 0 Å². The fraction of sp³-hybridized carbons (Fsp3) is 0.583. The Morgan fingerprint density at radius 3 is 2.53 bits per heavy atom. The van der Waals surface area contributed by atoms with Gasteiger partial charge in [0.15, 0.2) is 0 Å². The maximum absolute atomic E-state index is 12.1. The third kappa shape index (κ3) is 3.54. The van der Waals surface area contributed by atoms with Crippen molar-refractivity contribution in [1.82, 2.24) is 19.6 Å². The van der Waals surface area contributed by atoms with E-state index in [1.807, 2.05) is 0 Å². The number of carbonyl (C=O) groups excluding carboxylic acids is 1. The molecule has 2 rings (SSSR count). The summed E-state index contributed by atoms with van der Waals surface area (Å²) in [5.41, 5.74) is 0.599. The molecule has 0 unspecified atom stereocenters. The Kier molecular flexibility index (Phi) is 4.16. The van der Waals surface area contributed by atoms with Crippen molar-refractivity contribution in [3.8, 4) is 0 Å². The number of carbonyl (C=O) groups is 2. The predicted molar refractivity (Wildman–Crippen MR) is 67.8 cm³/mol. The number of amides is 1. The average Bonchev–Trinajstić information content (AvgIpc) is 2.83. The van der Waals surface area contributed by atoms with Crippen LogP contribution in [-0.2, 0) is 11.8 Å². The zero-order chi connectivity index (χ0) is 13.8. The molecular formula is C12H18N4O3. The van der Waals surface area contributed by atoms with Crippen LogP contribution in [0, 0.1) is 0 Å². The van der Waals surface area contributed by atoms with Crippen molar-refractivity contribution < 1.29 is 14.7 Å². The molecule has 104 valence electrons. The van der Waals surface area contributed by atoms with E-state index in [2.05, 4.69) is 10.00 Å². The van der Waals surface area contributed by atoms with Gasteiger partial charge < -0.3 is 10.0 Å². The van der Waals surface area contributed by atoms with E-state index in [-0.39, 0.29) is 12.3 Å². The Morgan fingerprint density at radius 1 is 1.32 bits per heavy atom. The fourth-order valence-electron chi connectivity index (χ4n) is 2.14. The second-order valence-corrected chi connectivity index (χ2v) is 4.68. The lowest BCUT2D eigenvalue weighted by Gasteiger charge is -2.34. The van der Waals surface area contributed by atoms with Gasteiger partial charge in [0.25, 0.3) is 5.91 Å². The highest BCUT2D eigenvalue weighted by Crippen LogP contribution is 2.08. The van der Waals surface area contributed by atoms with E-state index in [1.54, 1.807) is 29.0 Å². The molecule has 1 amide bonds. The quantitative estimate of drug-likeness (QED) is 0.806. The van der Waals surface area contributed by atoms with Crippen LogP contribution in [0.2, 0.25) is 0 Å². The second kappa shape index (κ2) is 5.83. The van der Waals surface area contributed by atoms with Crippen molar-refractivity contribution in [3.05, 3.63) is 18.0 Å². The number of aryl methyl sites for hydroxylation is 1. The fourth-order valence-corrected chi connectivity index (χ4v) is 2.14. The van der Waals surface area contributed by atoms with E-state index in [4.69, 9.17) is 5.11 Å². The first-order chi connectivity index (χ1) is 9.06. The summed E-state index contributed by atoms with van der Waals surface area (Å²) in [7, 11) is 1.78. The largest absolute Gasteiger partial charge is 0.481 e. The molecule has 1 aromatic rings. The molecule has 0 radical (unpaired) electrons. The number of carboxylic acid groups (broad SMARTS) is 1. The van der Waals surface area contributed by atoms with Gasteiger partial charge in [-0.15, -0.1) is 0 Å². The first-order valence-electron chi connectivity index (χ1n) is 6.28. The van der Waals surface area contributed by atoms with Crippen molar-refractivity contribution in [2.24, 2.45) is 7.05 Å². The summed E-state index contributed by atoms with van der Waals surface area (Å²) in [5, 5.41) is 12.6. The minimum Gasteiger partial charge on any atom is -0.481 e. The Bertz CT molecular complexity index is 463. The van der Waals surface area contributed by atoms with Gasteiger partial charge in [0.05, 0.1) is 18.2 Å². The van der Waals surface area contributed by atoms with Crippen molar-refractivity contribution in [2.75, 3.05) is 32.7 Å². The van der Waals surface area contributed by atoms with Crippen LogP contribution in [0.25, 0.3) is 0 Å². The zero-order valence-electron chi connectivity index (χ0n) is 10.9. The maximum Gasteiger partial charge on any atom is 0.304 e. The predicted octanol–water partition coefficient (Wildman–Crippen LogP) is -0.347. The molecule has 0 saturated carbocycles. The molecule has 0 bridgehead atoms. The van der Waals surface area contributed by atoms with Crippen molar-refractivity contribution >= 4 is 11.9 Å². The van der Waals surface area contributed by atoms with Crippen LogP contribution >= 0.6 is 0 Å². The van der Waals surface area contributed by atoms with Crippen molar-refractivity contribution in [2.45, 2.75) is 6.42 Å². The van der Waals surface area contributed by atoms with Gasteiger partial charge in [-0.2, -0.15) is 5.10 Å². The topological polar surface area (TPSA) is 78.7 Å². The lowest BCUT2D eigenvalue weighted by Crippen LogP contribution is -2.49. The molecule has 1 aliphatic heterocycles. The monoisotopic (exact) mass is 266 g/mol. The molecule has 1 N–H and O–H groups in total. The Labute approximate surface area is 111 Å². The van der Waals surface area contributed by atoms with Crippen molar-refractivity contribution in [3.63, 3.8) is 0 Å². The second-order valence-electron chi connectivity index (χ2n) is 4.68. The summed E-state index contributed by atoms with van der Waals surface area (Å²) in [6.45, 7) is 3.25. The lowest BCUT2D eigenvalue weighted by atomic mass is 10.2. The number of hydrogen-bond acceptors (Lipinski definition) is 4.